The summed E-state index contributed by atoms with van der Waals surface area (Å²) in [5.41, 5.74) is 2.26. The summed E-state index contributed by atoms with van der Waals surface area (Å²) in [6.45, 7) is 9.95. The molecule has 0 saturated carbocycles. The molecule has 0 aliphatic rings. The molecule has 3 radical (unpaired) electrons. The number of Topliss-reactive ketones (excluding diaryl/α,β-unsaturated/α-hetero) is 3. The first-order chi connectivity index (χ1) is 8.36. The molecular formula is C15H15O3Y3-3. The Balaban J connectivity index is -0.00000108. The van der Waals surface area contributed by atoms with Crippen LogP contribution in [-0.4, -0.2) is 17.3 Å². The number of rotatable bonds is 6. The molecule has 0 N–H and O–H groups in total. The molecule has 1 aromatic carbocycles. The summed E-state index contributed by atoms with van der Waals surface area (Å²) >= 11 is 0. The second-order valence-electron chi connectivity index (χ2n) is 4.30. The Morgan fingerprint density at radius 1 is 0.619 bits per heavy atom. The molecule has 0 bridgehead atoms. The predicted octanol–water partition coefficient (Wildman–Crippen LogP) is 1.52. The maximum atomic E-state index is 11.0. The maximum absolute atomic E-state index is 11.0. The van der Waals surface area contributed by atoms with Crippen molar-refractivity contribution >= 4 is 17.3 Å². The average molecular weight is 510 g/mol. The van der Waals surface area contributed by atoms with Crippen LogP contribution in [-0.2, 0) is 132 Å². The van der Waals surface area contributed by atoms with Gasteiger partial charge in [0.1, 0.15) is 0 Å². The summed E-state index contributed by atoms with van der Waals surface area (Å²) in [6, 6.07) is 5.30. The van der Waals surface area contributed by atoms with Crippen LogP contribution < -0.4 is 0 Å². The molecule has 0 aliphatic heterocycles. The average Bonchev–Trinajstić information content (AvgIpc) is 2.12. The van der Waals surface area contributed by atoms with Gasteiger partial charge in [-0.1, -0.05) is 18.2 Å². The van der Waals surface area contributed by atoms with Gasteiger partial charge in [0.05, 0.1) is 0 Å². The molecule has 0 heterocycles. The van der Waals surface area contributed by atoms with Crippen molar-refractivity contribution in [1.82, 2.24) is 0 Å². The van der Waals surface area contributed by atoms with Crippen molar-refractivity contribution in [3.63, 3.8) is 0 Å². The fraction of sp³-hybridized carbons (Fsp3) is 0.200. The Morgan fingerprint density at radius 2 is 0.810 bits per heavy atom. The Bertz CT molecular complexity index is 415. The molecule has 1 rings (SSSR count). The van der Waals surface area contributed by atoms with Crippen molar-refractivity contribution in [2.75, 3.05) is 0 Å². The normalized spacial score (nSPS) is 8.57. The Labute approximate surface area is 201 Å². The molecule has 0 aromatic heterocycles. The van der Waals surface area contributed by atoms with Crippen molar-refractivity contribution in [2.24, 2.45) is 0 Å². The molecule has 6 heteroatoms. The van der Waals surface area contributed by atoms with Gasteiger partial charge in [0.25, 0.3) is 0 Å². The van der Waals surface area contributed by atoms with Gasteiger partial charge in [-0.25, -0.2) is 0 Å². The standard InChI is InChI=1S/C15H15O3.3Y/c1-10(16)4-13-7-14(5-11(2)17)9-15(8-13)6-12(3)18;;;/h7-9H,1-6H2;;;/q-3;;;. The number of carbonyl (C=O) groups is 3. The summed E-state index contributed by atoms with van der Waals surface area (Å²) < 4.78 is 0. The number of carbonyl (C=O) groups excluding carboxylic acids is 3. The summed E-state index contributed by atoms with van der Waals surface area (Å²) in [4.78, 5) is 33.0. The smallest absolute Gasteiger partial charge is 0.00221 e. The third-order valence-corrected chi connectivity index (χ3v) is 2.32. The van der Waals surface area contributed by atoms with E-state index >= 15 is 0 Å². The monoisotopic (exact) mass is 510 g/mol. The van der Waals surface area contributed by atoms with Crippen LogP contribution in [0, 0.1) is 20.8 Å². The zero-order valence-electron chi connectivity index (χ0n) is 11.9. The quantitative estimate of drug-likeness (QED) is 0.546. The van der Waals surface area contributed by atoms with Crippen LogP contribution in [0.5, 0.6) is 0 Å². The molecule has 1 aromatic rings. The SMILES string of the molecule is [CH2-]C(=O)Cc1cc(CC([CH2-])=O)cc(CC([CH2-])=O)c1.[Y].[Y].[Y]. The van der Waals surface area contributed by atoms with Crippen molar-refractivity contribution in [3.8, 4) is 0 Å². The topological polar surface area (TPSA) is 51.2 Å². The third-order valence-electron chi connectivity index (χ3n) is 2.32. The summed E-state index contributed by atoms with van der Waals surface area (Å²) in [7, 11) is 0. The van der Waals surface area contributed by atoms with Gasteiger partial charge < -0.3 is 35.2 Å². The Hall–Kier alpha value is 1.15. The molecule has 0 amide bonds. The van der Waals surface area contributed by atoms with Crippen molar-refractivity contribution < 1.29 is 113 Å². The van der Waals surface area contributed by atoms with Crippen molar-refractivity contribution in [1.29, 1.82) is 0 Å². The number of benzene rings is 1. The fourth-order valence-corrected chi connectivity index (χ4v) is 1.83. The summed E-state index contributed by atoms with van der Waals surface area (Å²) in [5.74, 6) is -0.625. The van der Waals surface area contributed by atoms with Crippen LogP contribution in [0.25, 0.3) is 0 Å². The third kappa shape index (κ3) is 12.3. The molecule has 0 atom stereocenters. The molecule has 21 heavy (non-hydrogen) atoms. The molecule has 0 fully saturated rings. The van der Waals surface area contributed by atoms with E-state index in [0.717, 1.165) is 16.7 Å². The number of ketones is 3. The van der Waals surface area contributed by atoms with E-state index in [-0.39, 0.29) is 135 Å². The van der Waals surface area contributed by atoms with Crippen molar-refractivity contribution in [3.05, 3.63) is 55.7 Å². The molecule has 0 aliphatic carbocycles. The second-order valence-corrected chi connectivity index (χ2v) is 4.30. The molecule has 105 valence electrons. The minimum atomic E-state index is -0.208. The molecular weight excluding hydrogens is 495 g/mol. The van der Waals surface area contributed by atoms with Gasteiger partial charge in [-0.2, -0.15) is 0 Å². The van der Waals surface area contributed by atoms with Crippen LogP contribution in [0.2, 0.25) is 0 Å². The predicted molar refractivity (Wildman–Crippen MR) is 68.6 cm³/mol. The van der Waals surface area contributed by atoms with E-state index < -0.39 is 0 Å². The zero-order chi connectivity index (χ0) is 13.7. The number of hydrogen-bond donors (Lipinski definition) is 0. The van der Waals surface area contributed by atoms with Crippen LogP contribution in [0.3, 0.4) is 0 Å². The minimum Gasteiger partial charge on any atom is -0.339 e. The Morgan fingerprint density at radius 3 is 0.952 bits per heavy atom. The summed E-state index contributed by atoms with van der Waals surface area (Å²) in [5, 5.41) is 0. The molecule has 3 nitrogen and oxygen atoms in total. The first-order valence-corrected chi connectivity index (χ1v) is 5.53. The van der Waals surface area contributed by atoms with Gasteiger partial charge in [0, 0.05) is 135 Å². The summed E-state index contributed by atoms with van der Waals surface area (Å²) in [6.07, 6.45) is 0.576. The van der Waals surface area contributed by atoms with Gasteiger partial charge in [-0.3, -0.25) is 0 Å². The minimum absolute atomic E-state index is 0. The van der Waals surface area contributed by atoms with E-state index in [1.54, 1.807) is 18.2 Å². The van der Waals surface area contributed by atoms with Crippen molar-refractivity contribution in [2.45, 2.75) is 19.3 Å². The number of hydrogen-bond acceptors (Lipinski definition) is 3. The van der Waals surface area contributed by atoms with Crippen LogP contribution in [0.4, 0.5) is 0 Å². The first kappa shape index (κ1) is 27.0. The van der Waals surface area contributed by atoms with E-state index in [4.69, 9.17) is 0 Å². The second kappa shape index (κ2) is 13.6. The van der Waals surface area contributed by atoms with E-state index in [1.807, 2.05) is 0 Å². The van der Waals surface area contributed by atoms with Crippen LogP contribution in [0.15, 0.2) is 18.2 Å². The van der Waals surface area contributed by atoms with E-state index in [1.165, 1.54) is 0 Å². The first-order valence-electron chi connectivity index (χ1n) is 5.53. The molecule has 0 spiro atoms. The van der Waals surface area contributed by atoms with Gasteiger partial charge >= 0.3 is 0 Å². The van der Waals surface area contributed by atoms with E-state index in [9.17, 15) is 14.4 Å². The zero-order valence-corrected chi connectivity index (χ0v) is 20.4. The van der Waals surface area contributed by atoms with E-state index in [0.29, 0.717) is 0 Å². The fourth-order valence-electron chi connectivity index (χ4n) is 1.83. The molecule has 0 unspecified atom stereocenters. The van der Waals surface area contributed by atoms with Gasteiger partial charge in [-0.15, -0.1) is 0 Å². The van der Waals surface area contributed by atoms with Gasteiger partial charge in [0.15, 0.2) is 0 Å². The maximum Gasteiger partial charge on any atom is 0.00221 e. The van der Waals surface area contributed by atoms with Gasteiger partial charge in [-0.05, 0) is 16.7 Å². The Kier molecular flexibility index (Phi) is 17.5. The van der Waals surface area contributed by atoms with Gasteiger partial charge in [0.2, 0.25) is 0 Å². The largest absolute Gasteiger partial charge is 0.339 e. The van der Waals surface area contributed by atoms with Crippen LogP contribution >= 0.6 is 0 Å². The van der Waals surface area contributed by atoms with E-state index in [2.05, 4.69) is 20.8 Å². The molecule has 0 saturated heterocycles. The van der Waals surface area contributed by atoms with Crippen LogP contribution in [0.1, 0.15) is 16.7 Å².